The van der Waals surface area contributed by atoms with Gasteiger partial charge in [0.2, 0.25) is 0 Å². The number of rotatable bonds is 7. The van der Waals surface area contributed by atoms with Crippen LogP contribution in [0.1, 0.15) is 49.6 Å². The van der Waals surface area contributed by atoms with E-state index in [1.54, 1.807) is 11.3 Å². The molecule has 1 heterocycles. The van der Waals surface area contributed by atoms with Crippen LogP contribution in [0.15, 0.2) is 0 Å². The number of nitrogens with zero attached hydrogens (tertiary/aromatic N) is 2. The van der Waals surface area contributed by atoms with Crippen LogP contribution in [0.5, 0.6) is 0 Å². The zero-order chi connectivity index (χ0) is 13.1. The molecule has 0 amide bonds. The molecule has 100 valence electrons. The molecule has 0 radical (unpaired) electrons. The van der Waals surface area contributed by atoms with Gasteiger partial charge in [-0.05, 0) is 33.1 Å². The van der Waals surface area contributed by atoms with E-state index in [2.05, 4.69) is 18.7 Å². The Morgan fingerprint density at radius 2 is 2.11 bits per heavy atom. The van der Waals surface area contributed by atoms with Crippen molar-refractivity contribution in [2.45, 2.75) is 45.4 Å². The number of aryl methyl sites for hydroxylation is 1. The third kappa shape index (κ3) is 3.02. The molecule has 18 heavy (non-hydrogen) atoms. The highest BCUT2D eigenvalue weighted by atomic mass is 32.1. The summed E-state index contributed by atoms with van der Waals surface area (Å²) in [5.41, 5.74) is 1.17. The van der Waals surface area contributed by atoms with Crippen molar-refractivity contribution < 1.29 is 9.90 Å². The Hall–Kier alpha value is -1.10. The number of aliphatic carboxylic acids is 1. The third-order valence-electron chi connectivity index (χ3n) is 3.28. The summed E-state index contributed by atoms with van der Waals surface area (Å²) in [5, 5.41) is 9.86. The monoisotopic (exact) mass is 268 g/mol. The van der Waals surface area contributed by atoms with Gasteiger partial charge >= 0.3 is 5.97 Å². The van der Waals surface area contributed by atoms with E-state index < -0.39 is 5.97 Å². The first kappa shape index (κ1) is 13.3. The zero-order valence-corrected chi connectivity index (χ0v) is 11.8. The molecule has 0 unspecified atom stereocenters. The summed E-state index contributed by atoms with van der Waals surface area (Å²) in [5.74, 6) is -0.135. The minimum Gasteiger partial charge on any atom is -0.481 e. The van der Waals surface area contributed by atoms with Crippen LogP contribution < -0.4 is 4.90 Å². The van der Waals surface area contributed by atoms with E-state index >= 15 is 0 Å². The highest BCUT2D eigenvalue weighted by molar-refractivity contribution is 7.15. The Bertz CT molecular complexity index is 423. The summed E-state index contributed by atoms with van der Waals surface area (Å²) in [6.45, 7) is 6.15. The highest BCUT2D eigenvalue weighted by Gasteiger charge is 2.30. The van der Waals surface area contributed by atoms with Crippen LogP contribution in [0.2, 0.25) is 0 Å². The summed E-state index contributed by atoms with van der Waals surface area (Å²) in [7, 11) is 0. The molecule has 0 spiro atoms. The number of anilines is 1. The molecule has 1 fully saturated rings. The topological polar surface area (TPSA) is 53.4 Å². The SMILES string of the molecule is CCN(CC)c1nc(C2CC2)c(CCC(=O)O)s1. The first-order valence-electron chi connectivity index (χ1n) is 6.62. The van der Waals surface area contributed by atoms with Gasteiger partial charge in [0, 0.05) is 23.9 Å². The highest BCUT2D eigenvalue weighted by Crippen LogP contribution is 2.44. The lowest BCUT2D eigenvalue weighted by Crippen LogP contribution is -2.21. The molecule has 1 aromatic rings. The lowest BCUT2D eigenvalue weighted by Gasteiger charge is -2.16. The molecule has 0 bridgehead atoms. The average Bonchev–Trinajstić information content (AvgIpc) is 3.10. The summed E-state index contributed by atoms with van der Waals surface area (Å²) in [6, 6.07) is 0. The fraction of sp³-hybridized carbons (Fsp3) is 0.692. The number of carbonyl (C=O) groups is 1. The molecule has 0 aromatic carbocycles. The quantitative estimate of drug-likeness (QED) is 0.826. The van der Waals surface area contributed by atoms with Gasteiger partial charge in [-0.25, -0.2) is 4.98 Å². The molecule has 4 nitrogen and oxygen atoms in total. The maximum absolute atomic E-state index is 10.7. The van der Waals surface area contributed by atoms with E-state index in [-0.39, 0.29) is 6.42 Å². The van der Waals surface area contributed by atoms with Crippen molar-refractivity contribution in [2.24, 2.45) is 0 Å². The van der Waals surface area contributed by atoms with Crippen LogP contribution in [0, 0.1) is 0 Å². The predicted octanol–water partition coefficient (Wildman–Crippen LogP) is 2.88. The molecule has 1 aliphatic carbocycles. The largest absolute Gasteiger partial charge is 0.481 e. The van der Waals surface area contributed by atoms with Gasteiger partial charge in [0.05, 0.1) is 12.1 Å². The van der Waals surface area contributed by atoms with Gasteiger partial charge in [-0.15, -0.1) is 11.3 Å². The van der Waals surface area contributed by atoms with Crippen LogP contribution in [0.25, 0.3) is 0 Å². The summed E-state index contributed by atoms with van der Waals surface area (Å²) in [6.07, 6.45) is 3.25. The molecule has 1 aliphatic rings. The fourth-order valence-corrected chi connectivity index (χ4v) is 3.33. The van der Waals surface area contributed by atoms with Crippen LogP contribution in [-0.4, -0.2) is 29.1 Å². The van der Waals surface area contributed by atoms with Gasteiger partial charge in [0.25, 0.3) is 0 Å². The van der Waals surface area contributed by atoms with E-state index in [4.69, 9.17) is 10.1 Å². The Kier molecular flexibility index (Phi) is 4.22. The normalized spacial score (nSPS) is 14.8. The lowest BCUT2D eigenvalue weighted by molar-refractivity contribution is -0.136. The van der Waals surface area contributed by atoms with E-state index in [0.717, 1.165) is 18.2 Å². The minimum absolute atomic E-state index is 0.208. The van der Waals surface area contributed by atoms with Crippen molar-refractivity contribution in [1.82, 2.24) is 4.98 Å². The van der Waals surface area contributed by atoms with Gasteiger partial charge in [-0.3, -0.25) is 4.79 Å². The molecule has 0 saturated heterocycles. The molecular formula is C13H20N2O2S. The Morgan fingerprint density at radius 1 is 1.44 bits per heavy atom. The standard InChI is InChI=1S/C13H20N2O2S/c1-3-15(4-2)13-14-12(9-5-6-9)10(18-13)7-8-11(16)17/h9H,3-8H2,1-2H3,(H,16,17). The second-order valence-electron chi connectivity index (χ2n) is 4.65. The Balaban J connectivity index is 2.17. The number of carboxylic acids is 1. The maximum Gasteiger partial charge on any atom is 0.303 e. The minimum atomic E-state index is -0.727. The number of hydrogen-bond donors (Lipinski definition) is 1. The summed E-state index contributed by atoms with van der Waals surface area (Å²) in [4.78, 5) is 18.9. The van der Waals surface area contributed by atoms with E-state index in [1.165, 1.54) is 23.4 Å². The van der Waals surface area contributed by atoms with Crippen LogP contribution in [0.3, 0.4) is 0 Å². The van der Waals surface area contributed by atoms with Crippen molar-refractivity contribution >= 4 is 22.4 Å². The van der Waals surface area contributed by atoms with Crippen LogP contribution >= 0.6 is 11.3 Å². The maximum atomic E-state index is 10.7. The van der Waals surface area contributed by atoms with Crippen molar-refractivity contribution in [3.05, 3.63) is 10.6 Å². The molecule has 5 heteroatoms. The molecule has 1 N–H and O–H groups in total. The van der Waals surface area contributed by atoms with Gasteiger partial charge in [-0.2, -0.15) is 0 Å². The fourth-order valence-electron chi connectivity index (χ4n) is 2.06. The first-order valence-corrected chi connectivity index (χ1v) is 7.43. The van der Waals surface area contributed by atoms with Crippen molar-refractivity contribution in [3.63, 3.8) is 0 Å². The molecular weight excluding hydrogens is 248 g/mol. The van der Waals surface area contributed by atoms with E-state index in [9.17, 15) is 4.79 Å². The van der Waals surface area contributed by atoms with Gasteiger partial charge in [0.15, 0.2) is 5.13 Å². The molecule has 2 rings (SSSR count). The zero-order valence-electron chi connectivity index (χ0n) is 11.0. The van der Waals surface area contributed by atoms with Crippen LogP contribution in [0.4, 0.5) is 5.13 Å². The lowest BCUT2D eigenvalue weighted by atomic mass is 10.2. The number of aromatic nitrogens is 1. The van der Waals surface area contributed by atoms with Gasteiger partial charge < -0.3 is 10.0 Å². The summed E-state index contributed by atoms with van der Waals surface area (Å²) < 4.78 is 0. The third-order valence-corrected chi connectivity index (χ3v) is 4.47. The Labute approximate surface area is 112 Å². The van der Waals surface area contributed by atoms with E-state index in [1.807, 2.05) is 0 Å². The number of thiazole rings is 1. The molecule has 1 aromatic heterocycles. The van der Waals surface area contributed by atoms with Gasteiger partial charge in [-0.1, -0.05) is 0 Å². The molecule has 1 saturated carbocycles. The van der Waals surface area contributed by atoms with Crippen LogP contribution in [-0.2, 0) is 11.2 Å². The summed E-state index contributed by atoms with van der Waals surface area (Å²) >= 11 is 1.68. The Morgan fingerprint density at radius 3 is 2.61 bits per heavy atom. The predicted molar refractivity (Wildman–Crippen MR) is 73.6 cm³/mol. The second-order valence-corrected chi connectivity index (χ2v) is 5.71. The first-order chi connectivity index (χ1) is 8.65. The second kappa shape index (κ2) is 5.69. The number of carboxylic acid groups (broad SMARTS) is 1. The van der Waals surface area contributed by atoms with Crippen molar-refractivity contribution in [3.8, 4) is 0 Å². The smallest absolute Gasteiger partial charge is 0.303 e. The average molecular weight is 268 g/mol. The molecule has 0 aliphatic heterocycles. The number of hydrogen-bond acceptors (Lipinski definition) is 4. The van der Waals surface area contributed by atoms with Crippen molar-refractivity contribution in [1.29, 1.82) is 0 Å². The van der Waals surface area contributed by atoms with Gasteiger partial charge in [0.1, 0.15) is 0 Å². The molecule has 0 atom stereocenters. The van der Waals surface area contributed by atoms with E-state index in [0.29, 0.717) is 12.3 Å². The van der Waals surface area contributed by atoms with Crippen molar-refractivity contribution in [2.75, 3.05) is 18.0 Å².